The summed E-state index contributed by atoms with van der Waals surface area (Å²) in [5.41, 5.74) is 0.219. The predicted octanol–water partition coefficient (Wildman–Crippen LogP) is 3.64. The summed E-state index contributed by atoms with van der Waals surface area (Å²) in [5.74, 6) is -0.407. The van der Waals surface area contributed by atoms with E-state index in [2.05, 4.69) is 4.98 Å². The van der Waals surface area contributed by atoms with E-state index < -0.39 is 5.97 Å². The van der Waals surface area contributed by atoms with Crippen molar-refractivity contribution in [2.75, 3.05) is 0 Å². The molecule has 1 aromatic carbocycles. The number of hydrogen-bond donors (Lipinski definition) is 1. The van der Waals surface area contributed by atoms with Crippen molar-refractivity contribution in [2.45, 2.75) is 38.2 Å². The van der Waals surface area contributed by atoms with Gasteiger partial charge in [-0.25, -0.2) is 9.78 Å². The van der Waals surface area contributed by atoms with Crippen molar-refractivity contribution in [1.82, 2.24) is 4.98 Å². The Balaban J connectivity index is 1.99. The van der Waals surface area contributed by atoms with Gasteiger partial charge in [0.2, 0.25) is 5.88 Å². The second-order valence-corrected chi connectivity index (χ2v) is 5.21. The van der Waals surface area contributed by atoms with Gasteiger partial charge in [-0.2, -0.15) is 0 Å². The van der Waals surface area contributed by atoms with E-state index in [1.54, 1.807) is 6.07 Å². The first-order valence-electron chi connectivity index (χ1n) is 7.03. The maximum Gasteiger partial charge on any atom is 0.337 e. The van der Waals surface area contributed by atoms with Gasteiger partial charge < -0.3 is 9.84 Å². The maximum atomic E-state index is 11.2. The van der Waals surface area contributed by atoms with Crippen LogP contribution in [-0.2, 0) is 0 Å². The molecule has 0 amide bonds. The molecule has 1 fully saturated rings. The number of carboxylic acid groups (broad SMARTS) is 1. The molecule has 104 valence electrons. The van der Waals surface area contributed by atoms with Gasteiger partial charge in [-0.05, 0) is 31.7 Å². The average molecular weight is 271 g/mol. The van der Waals surface area contributed by atoms with Crippen molar-refractivity contribution >= 4 is 16.7 Å². The molecule has 0 bridgehead atoms. The van der Waals surface area contributed by atoms with Crippen LogP contribution in [-0.4, -0.2) is 22.2 Å². The number of pyridine rings is 1. The van der Waals surface area contributed by atoms with Crippen LogP contribution in [0, 0.1) is 0 Å². The van der Waals surface area contributed by atoms with E-state index in [0.29, 0.717) is 11.3 Å². The van der Waals surface area contributed by atoms with E-state index in [9.17, 15) is 9.90 Å². The molecular formula is C16H17NO3. The van der Waals surface area contributed by atoms with E-state index in [4.69, 9.17) is 4.74 Å². The van der Waals surface area contributed by atoms with Crippen molar-refractivity contribution < 1.29 is 14.6 Å². The minimum Gasteiger partial charge on any atom is -0.478 e. The molecule has 4 nitrogen and oxygen atoms in total. The van der Waals surface area contributed by atoms with Gasteiger partial charge in [-0.1, -0.05) is 24.6 Å². The Morgan fingerprint density at radius 1 is 1.15 bits per heavy atom. The van der Waals surface area contributed by atoms with Gasteiger partial charge in [0.15, 0.2) is 0 Å². The Labute approximate surface area is 117 Å². The molecule has 4 heteroatoms. The van der Waals surface area contributed by atoms with Crippen LogP contribution >= 0.6 is 0 Å². The lowest BCUT2D eigenvalue weighted by Crippen LogP contribution is -2.20. The van der Waals surface area contributed by atoms with Crippen LogP contribution in [0.15, 0.2) is 30.5 Å². The molecule has 1 N–H and O–H groups in total. The van der Waals surface area contributed by atoms with Crippen LogP contribution in [0.25, 0.3) is 10.8 Å². The molecule has 1 saturated carbocycles. The third-order valence-electron chi connectivity index (χ3n) is 3.82. The molecule has 0 saturated heterocycles. The predicted molar refractivity (Wildman–Crippen MR) is 76.2 cm³/mol. The summed E-state index contributed by atoms with van der Waals surface area (Å²) in [7, 11) is 0. The fourth-order valence-electron chi connectivity index (χ4n) is 2.77. The third kappa shape index (κ3) is 2.46. The molecule has 2 aromatic rings. The summed E-state index contributed by atoms with van der Waals surface area (Å²) in [6.45, 7) is 0. The molecule has 0 spiro atoms. The van der Waals surface area contributed by atoms with Crippen LogP contribution in [0.2, 0.25) is 0 Å². The van der Waals surface area contributed by atoms with Crippen molar-refractivity contribution in [3.05, 3.63) is 36.0 Å². The number of aromatic nitrogens is 1. The van der Waals surface area contributed by atoms with Crippen molar-refractivity contribution in [2.24, 2.45) is 0 Å². The van der Waals surface area contributed by atoms with Crippen LogP contribution < -0.4 is 4.74 Å². The Morgan fingerprint density at radius 2 is 1.85 bits per heavy atom. The number of fused-ring (bicyclic) bond motifs is 1. The minimum atomic E-state index is -0.960. The van der Waals surface area contributed by atoms with E-state index in [1.807, 2.05) is 18.2 Å². The molecule has 1 aromatic heterocycles. The third-order valence-corrected chi connectivity index (χ3v) is 3.82. The van der Waals surface area contributed by atoms with Crippen LogP contribution in [0.1, 0.15) is 42.5 Å². The molecular weight excluding hydrogens is 254 g/mol. The van der Waals surface area contributed by atoms with Gasteiger partial charge in [-0.15, -0.1) is 0 Å². The minimum absolute atomic E-state index is 0.204. The highest BCUT2D eigenvalue weighted by Gasteiger charge is 2.18. The highest BCUT2D eigenvalue weighted by Crippen LogP contribution is 2.29. The number of carboxylic acids is 1. The Kier molecular flexibility index (Phi) is 3.54. The standard InChI is InChI=1S/C16H17NO3/c18-16(19)14-10-17-15(13-9-5-4-8-12(13)14)20-11-6-2-1-3-7-11/h4-5,8-11H,1-3,6-7H2,(H,18,19). The fourth-order valence-corrected chi connectivity index (χ4v) is 2.77. The van der Waals surface area contributed by atoms with E-state index >= 15 is 0 Å². The second kappa shape index (κ2) is 5.49. The largest absolute Gasteiger partial charge is 0.478 e. The fraction of sp³-hybridized carbons (Fsp3) is 0.375. The first-order chi connectivity index (χ1) is 9.75. The number of carbonyl (C=O) groups is 1. The van der Waals surface area contributed by atoms with E-state index in [-0.39, 0.29) is 11.7 Å². The summed E-state index contributed by atoms with van der Waals surface area (Å²) in [6, 6.07) is 7.38. The summed E-state index contributed by atoms with van der Waals surface area (Å²) in [5, 5.41) is 10.7. The lowest BCUT2D eigenvalue weighted by molar-refractivity contribution is 0.0698. The zero-order valence-corrected chi connectivity index (χ0v) is 11.2. The highest BCUT2D eigenvalue weighted by atomic mass is 16.5. The van der Waals surface area contributed by atoms with Gasteiger partial charge in [0.1, 0.15) is 6.10 Å². The molecule has 20 heavy (non-hydrogen) atoms. The first-order valence-corrected chi connectivity index (χ1v) is 7.03. The maximum absolute atomic E-state index is 11.2. The Bertz CT molecular complexity index is 633. The number of rotatable bonds is 3. The SMILES string of the molecule is O=C(O)c1cnc(OC2CCCCC2)c2ccccc12. The summed E-state index contributed by atoms with van der Waals surface area (Å²) in [4.78, 5) is 15.5. The van der Waals surface area contributed by atoms with Crippen molar-refractivity contribution in [3.63, 3.8) is 0 Å². The average Bonchev–Trinajstić information content (AvgIpc) is 2.48. The van der Waals surface area contributed by atoms with Gasteiger partial charge >= 0.3 is 5.97 Å². The van der Waals surface area contributed by atoms with Crippen molar-refractivity contribution in [3.8, 4) is 5.88 Å². The lowest BCUT2D eigenvalue weighted by atomic mass is 9.98. The lowest BCUT2D eigenvalue weighted by Gasteiger charge is -2.23. The topological polar surface area (TPSA) is 59.4 Å². The molecule has 3 rings (SSSR count). The van der Waals surface area contributed by atoms with E-state index in [0.717, 1.165) is 18.2 Å². The van der Waals surface area contributed by atoms with Gasteiger partial charge in [-0.3, -0.25) is 0 Å². The number of aromatic carboxylic acids is 1. The van der Waals surface area contributed by atoms with Gasteiger partial charge in [0, 0.05) is 17.0 Å². The van der Waals surface area contributed by atoms with Crippen molar-refractivity contribution in [1.29, 1.82) is 0 Å². The summed E-state index contributed by atoms with van der Waals surface area (Å²) >= 11 is 0. The molecule has 0 radical (unpaired) electrons. The first kappa shape index (κ1) is 12.9. The van der Waals surface area contributed by atoms with Crippen LogP contribution in [0.3, 0.4) is 0 Å². The molecule has 1 aliphatic rings. The zero-order chi connectivity index (χ0) is 13.9. The summed E-state index contributed by atoms with van der Waals surface area (Å²) < 4.78 is 6.00. The number of nitrogens with zero attached hydrogens (tertiary/aromatic N) is 1. The number of benzene rings is 1. The second-order valence-electron chi connectivity index (χ2n) is 5.21. The van der Waals surface area contributed by atoms with Gasteiger partial charge in [0.25, 0.3) is 0 Å². The van der Waals surface area contributed by atoms with Gasteiger partial charge in [0.05, 0.1) is 5.56 Å². The molecule has 0 unspecified atom stereocenters. The van der Waals surface area contributed by atoms with E-state index in [1.165, 1.54) is 25.5 Å². The monoisotopic (exact) mass is 271 g/mol. The molecule has 0 atom stereocenters. The highest BCUT2D eigenvalue weighted by molar-refractivity contribution is 6.04. The summed E-state index contributed by atoms with van der Waals surface area (Å²) in [6.07, 6.45) is 7.35. The quantitative estimate of drug-likeness (QED) is 0.925. The molecule has 1 aliphatic carbocycles. The molecule has 1 heterocycles. The zero-order valence-electron chi connectivity index (χ0n) is 11.2. The Morgan fingerprint density at radius 3 is 2.55 bits per heavy atom. The number of hydrogen-bond acceptors (Lipinski definition) is 3. The van der Waals surface area contributed by atoms with Crippen LogP contribution in [0.5, 0.6) is 5.88 Å². The smallest absolute Gasteiger partial charge is 0.337 e. The number of ether oxygens (including phenoxy) is 1. The Hall–Kier alpha value is -2.10. The normalized spacial score (nSPS) is 16.2. The molecule has 0 aliphatic heterocycles. The van der Waals surface area contributed by atoms with Crippen LogP contribution in [0.4, 0.5) is 0 Å².